The summed E-state index contributed by atoms with van der Waals surface area (Å²) in [5, 5.41) is 3.45. The van der Waals surface area contributed by atoms with Crippen molar-refractivity contribution < 1.29 is 14.3 Å². The molecule has 0 bridgehead atoms. The summed E-state index contributed by atoms with van der Waals surface area (Å²) in [6.07, 6.45) is 1.14. The average molecular weight is 482 g/mol. The highest BCUT2D eigenvalue weighted by atomic mass is 32.2. The van der Waals surface area contributed by atoms with Crippen LogP contribution in [-0.2, 0) is 9.47 Å². The van der Waals surface area contributed by atoms with Crippen LogP contribution in [0.4, 0.5) is 22.1 Å². The van der Waals surface area contributed by atoms with Crippen LogP contribution in [0.5, 0.6) is 0 Å². The smallest absolute Gasteiger partial charge is 0.412 e. The number of nitrogens with one attached hydrogen (secondary N) is 1. The molecule has 0 spiro atoms. The number of amides is 1. The van der Waals surface area contributed by atoms with Crippen molar-refractivity contribution in [3.8, 4) is 0 Å². The first-order chi connectivity index (χ1) is 16.3. The number of hydrogen-bond donors (Lipinski definition) is 2. The first-order valence-electron chi connectivity index (χ1n) is 11.0. The molecule has 0 atom stereocenters. The maximum atomic E-state index is 11.7. The molecule has 2 heterocycles. The van der Waals surface area contributed by atoms with E-state index in [4.69, 9.17) is 15.2 Å². The van der Waals surface area contributed by atoms with Gasteiger partial charge in [-0.1, -0.05) is 30.0 Å². The predicted octanol–water partition coefficient (Wildman–Crippen LogP) is 5.08. The summed E-state index contributed by atoms with van der Waals surface area (Å²) in [6, 6.07) is 19.6. The second kappa shape index (κ2) is 12.2. The quantitative estimate of drug-likeness (QED) is 0.497. The van der Waals surface area contributed by atoms with Crippen LogP contribution in [0.15, 0.2) is 76.8 Å². The number of rotatable bonds is 4. The zero-order valence-corrected chi connectivity index (χ0v) is 20.5. The number of carbonyl (C=O) groups excluding carboxylic acids is 1. The van der Waals surface area contributed by atoms with Gasteiger partial charge < -0.3 is 20.1 Å². The highest BCUT2D eigenvalue weighted by Gasteiger charge is 2.16. The van der Waals surface area contributed by atoms with Crippen LogP contribution >= 0.6 is 11.8 Å². The van der Waals surface area contributed by atoms with Gasteiger partial charge in [-0.05, 0) is 63.2 Å². The minimum Gasteiger partial charge on any atom is -0.444 e. The molecule has 1 aliphatic heterocycles. The van der Waals surface area contributed by atoms with Crippen LogP contribution in [0.25, 0.3) is 0 Å². The Morgan fingerprint density at radius 3 is 2.35 bits per heavy atom. The number of carbonyl (C=O) groups is 1. The number of ether oxygens (including phenoxy) is 2. The standard InChI is InChI=1S/C15H18N4O2S.C10H13NO/c1-15(2,3)21-14(20)18-10-4-6-11(7-5-10)22-12-8-9-17-13(16)19-12;1-2-4-10(5-3-1)11-6-8-12-9-7-11/h4-9H,1-3H3,(H,18,20)(H2,16,17,19);1-5H,6-9H2. The first kappa shape index (κ1) is 25.3. The van der Waals surface area contributed by atoms with Crippen LogP contribution in [0.3, 0.4) is 0 Å². The lowest BCUT2D eigenvalue weighted by molar-refractivity contribution is 0.0636. The summed E-state index contributed by atoms with van der Waals surface area (Å²) in [5.41, 5.74) is 7.00. The van der Waals surface area contributed by atoms with Gasteiger partial charge in [-0.15, -0.1) is 0 Å². The third-order valence-corrected chi connectivity index (χ3v) is 5.45. The molecule has 2 aromatic carbocycles. The molecule has 0 unspecified atom stereocenters. The number of para-hydroxylation sites is 1. The lowest BCUT2D eigenvalue weighted by atomic mass is 10.2. The number of nitrogens with zero attached hydrogens (tertiary/aromatic N) is 3. The molecule has 0 radical (unpaired) electrons. The predicted molar refractivity (Wildman–Crippen MR) is 136 cm³/mol. The van der Waals surface area contributed by atoms with Gasteiger partial charge in [0.15, 0.2) is 0 Å². The summed E-state index contributed by atoms with van der Waals surface area (Å²) >= 11 is 1.46. The van der Waals surface area contributed by atoms with Crippen molar-refractivity contribution >= 4 is 35.2 Å². The monoisotopic (exact) mass is 481 g/mol. The largest absolute Gasteiger partial charge is 0.444 e. The number of benzene rings is 2. The molecule has 9 heteroatoms. The minimum atomic E-state index is -0.521. The van der Waals surface area contributed by atoms with Gasteiger partial charge in [-0.25, -0.2) is 14.8 Å². The number of nitrogen functional groups attached to an aromatic ring is 1. The molecular formula is C25H31N5O3S. The highest BCUT2D eigenvalue weighted by molar-refractivity contribution is 7.99. The van der Waals surface area contributed by atoms with Crippen molar-refractivity contribution in [2.75, 3.05) is 42.3 Å². The van der Waals surface area contributed by atoms with E-state index < -0.39 is 11.7 Å². The Labute approximate surface area is 204 Å². The van der Waals surface area contributed by atoms with E-state index in [0.717, 1.165) is 36.2 Å². The number of hydrogen-bond acceptors (Lipinski definition) is 8. The van der Waals surface area contributed by atoms with Crippen molar-refractivity contribution in [2.24, 2.45) is 0 Å². The Bertz CT molecular complexity index is 1040. The molecule has 180 valence electrons. The van der Waals surface area contributed by atoms with E-state index in [2.05, 4.69) is 44.5 Å². The topological polar surface area (TPSA) is 103 Å². The number of anilines is 3. The fourth-order valence-electron chi connectivity index (χ4n) is 3.02. The summed E-state index contributed by atoms with van der Waals surface area (Å²) in [5.74, 6) is 0.244. The molecule has 34 heavy (non-hydrogen) atoms. The first-order valence-corrected chi connectivity index (χ1v) is 11.8. The molecule has 3 aromatic rings. The fraction of sp³-hybridized carbons (Fsp3) is 0.320. The van der Waals surface area contributed by atoms with E-state index >= 15 is 0 Å². The number of nitrogens with two attached hydrogens (primary N) is 1. The van der Waals surface area contributed by atoms with Gasteiger partial charge in [0.1, 0.15) is 10.6 Å². The van der Waals surface area contributed by atoms with E-state index in [-0.39, 0.29) is 5.95 Å². The lowest BCUT2D eigenvalue weighted by Crippen LogP contribution is -2.36. The summed E-state index contributed by atoms with van der Waals surface area (Å²) in [6.45, 7) is 9.21. The lowest BCUT2D eigenvalue weighted by Gasteiger charge is -2.28. The van der Waals surface area contributed by atoms with Crippen molar-refractivity contribution in [2.45, 2.75) is 36.3 Å². The highest BCUT2D eigenvalue weighted by Crippen LogP contribution is 2.27. The number of morpholine rings is 1. The van der Waals surface area contributed by atoms with Crippen molar-refractivity contribution in [1.29, 1.82) is 0 Å². The van der Waals surface area contributed by atoms with Gasteiger partial charge in [-0.2, -0.15) is 0 Å². The molecule has 0 aliphatic carbocycles. The Morgan fingerprint density at radius 2 is 1.74 bits per heavy atom. The fourth-order valence-corrected chi connectivity index (χ4v) is 3.80. The molecule has 4 rings (SSSR count). The maximum Gasteiger partial charge on any atom is 0.412 e. The zero-order valence-electron chi connectivity index (χ0n) is 19.7. The van der Waals surface area contributed by atoms with E-state index in [1.54, 1.807) is 24.4 Å². The van der Waals surface area contributed by atoms with Crippen LogP contribution in [0.2, 0.25) is 0 Å². The second-order valence-electron chi connectivity index (χ2n) is 8.44. The van der Waals surface area contributed by atoms with E-state index in [9.17, 15) is 4.79 Å². The van der Waals surface area contributed by atoms with E-state index in [1.165, 1.54) is 17.4 Å². The Morgan fingerprint density at radius 1 is 1.06 bits per heavy atom. The van der Waals surface area contributed by atoms with Gasteiger partial charge in [-0.3, -0.25) is 5.32 Å². The van der Waals surface area contributed by atoms with Crippen molar-refractivity contribution in [3.05, 3.63) is 66.9 Å². The molecular weight excluding hydrogens is 450 g/mol. The van der Waals surface area contributed by atoms with Crippen LogP contribution < -0.4 is 16.0 Å². The Balaban J connectivity index is 0.000000226. The van der Waals surface area contributed by atoms with E-state index in [1.807, 2.05) is 39.0 Å². The molecule has 1 aliphatic rings. The van der Waals surface area contributed by atoms with Gasteiger partial charge in [0.05, 0.1) is 13.2 Å². The third-order valence-electron chi connectivity index (χ3n) is 4.50. The van der Waals surface area contributed by atoms with Gasteiger partial charge in [0.25, 0.3) is 0 Å². The zero-order chi connectivity index (χ0) is 24.4. The van der Waals surface area contributed by atoms with Gasteiger partial charge >= 0.3 is 6.09 Å². The molecule has 1 fully saturated rings. The van der Waals surface area contributed by atoms with Crippen molar-refractivity contribution in [1.82, 2.24) is 9.97 Å². The van der Waals surface area contributed by atoms with Crippen LogP contribution in [0.1, 0.15) is 20.8 Å². The second-order valence-corrected chi connectivity index (χ2v) is 9.54. The molecule has 1 aromatic heterocycles. The average Bonchev–Trinajstić information content (AvgIpc) is 2.81. The normalized spacial score (nSPS) is 13.4. The SMILES string of the molecule is CC(C)(C)OC(=O)Nc1ccc(Sc2ccnc(N)n2)cc1.c1ccc(N2CCOCC2)cc1. The maximum absolute atomic E-state index is 11.7. The molecule has 0 saturated carbocycles. The molecule has 1 amide bonds. The Kier molecular flexibility index (Phi) is 9.12. The minimum absolute atomic E-state index is 0.244. The van der Waals surface area contributed by atoms with E-state index in [0.29, 0.717) is 5.69 Å². The van der Waals surface area contributed by atoms with Crippen molar-refractivity contribution in [3.63, 3.8) is 0 Å². The van der Waals surface area contributed by atoms with Crippen LogP contribution in [-0.4, -0.2) is 48.0 Å². The molecule has 3 N–H and O–H groups in total. The van der Waals surface area contributed by atoms with Crippen LogP contribution in [0, 0.1) is 0 Å². The molecule has 1 saturated heterocycles. The molecule has 8 nitrogen and oxygen atoms in total. The number of aromatic nitrogens is 2. The van der Waals surface area contributed by atoms with Gasteiger partial charge in [0, 0.05) is 35.6 Å². The Hall–Kier alpha value is -3.30. The summed E-state index contributed by atoms with van der Waals surface area (Å²) < 4.78 is 10.5. The third kappa shape index (κ3) is 8.92. The summed E-state index contributed by atoms with van der Waals surface area (Å²) in [7, 11) is 0. The summed E-state index contributed by atoms with van der Waals surface area (Å²) in [4.78, 5) is 23.0. The van der Waals surface area contributed by atoms with Gasteiger partial charge in [0.2, 0.25) is 5.95 Å².